The highest BCUT2D eigenvalue weighted by atomic mass is 79.9. The number of halogens is 2. The quantitative estimate of drug-likeness (QED) is 0.764. The molecule has 1 rings (SSSR count). The number of rotatable bonds is 2. The van der Waals surface area contributed by atoms with E-state index in [2.05, 4.69) is 30.4 Å². The van der Waals surface area contributed by atoms with Gasteiger partial charge in [-0.3, -0.25) is 0 Å². The third-order valence-corrected chi connectivity index (χ3v) is 2.13. The van der Waals surface area contributed by atoms with Crippen molar-refractivity contribution in [3.05, 3.63) is 22.1 Å². The zero-order valence-electron chi connectivity index (χ0n) is 7.51. The number of methoxy groups -OCH3 is 2. The van der Waals surface area contributed by atoms with Gasteiger partial charge in [-0.15, -0.1) is 0 Å². The molecule has 4 nitrogen and oxygen atoms in total. The van der Waals surface area contributed by atoms with Gasteiger partial charge in [0.2, 0.25) is 5.82 Å². The van der Waals surface area contributed by atoms with Gasteiger partial charge in [-0.1, -0.05) is 0 Å². The summed E-state index contributed by atoms with van der Waals surface area (Å²) in [6.45, 7) is 0. The molecular weight excluding hydrogens is 257 g/mol. The smallest absolute Gasteiger partial charge is 0.342 e. The maximum atomic E-state index is 13.5. The molecule has 1 heterocycles. The first-order valence-corrected chi connectivity index (χ1v) is 4.37. The molecule has 14 heavy (non-hydrogen) atoms. The van der Waals surface area contributed by atoms with Gasteiger partial charge in [0.25, 0.3) is 5.88 Å². The molecule has 0 aliphatic carbocycles. The molecule has 0 spiro atoms. The number of nitrogens with zero attached hydrogens (tertiary/aromatic N) is 1. The molecule has 6 heteroatoms. The van der Waals surface area contributed by atoms with Crippen LogP contribution in [0.4, 0.5) is 4.39 Å². The van der Waals surface area contributed by atoms with Crippen LogP contribution in [0, 0.1) is 5.82 Å². The zero-order chi connectivity index (χ0) is 10.7. The summed E-state index contributed by atoms with van der Waals surface area (Å²) >= 11 is 2.99. The first-order valence-electron chi connectivity index (χ1n) is 3.58. The predicted octanol–water partition coefficient (Wildman–Crippen LogP) is 1.78. The first kappa shape index (κ1) is 10.9. The van der Waals surface area contributed by atoms with E-state index in [4.69, 9.17) is 0 Å². The number of pyridine rings is 1. The van der Waals surface area contributed by atoms with Crippen LogP contribution in [0.5, 0.6) is 5.88 Å². The van der Waals surface area contributed by atoms with Crippen LogP contribution < -0.4 is 4.74 Å². The van der Waals surface area contributed by atoms with E-state index in [9.17, 15) is 9.18 Å². The van der Waals surface area contributed by atoms with Gasteiger partial charge in [0, 0.05) is 6.20 Å². The Hall–Kier alpha value is -1.17. The lowest BCUT2D eigenvalue weighted by Gasteiger charge is -2.06. The first-order chi connectivity index (χ1) is 6.61. The van der Waals surface area contributed by atoms with E-state index >= 15 is 0 Å². The van der Waals surface area contributed by atoms with Crippen molar-refractivity contribution in [1.29, 1.82) is 0 Å². The Balaban J connectivity index is 3.32. The summed E-state index contributed by atoms with van der Waals surface area (Å²) in [6, 6.07) is 0. The van der Waals surface area contributed by atoms with E-state index in [1.807, 2.05) is 0 Å². The monoisotopic (exact) mass is 263 g/mol. The van der Waals surface area contributed by atoms with Crippen LogP contribution in [0.2, 0.25) is 0 Å². The summed E-state index contributed by atoms with van der Waals surface area (Å²) in [5.74, 6) is -1.86. The number of ether oxygens (including phenoxy) is 2. The Bertz CT molecular complexity index is 370. The number of carbonyl (C=O) groups excluding carboxylic acids is 1. The van der Waals surface area contributed by atoms with Crippen molar-refractivity contribution in [2.45, 2.75) is 0 Å². The summed E-state index contributed by atoms with van der Waals surface area (Å²) in [7, 11) is 2.43. The van der Waals surface area contributed by atoms with Gasteiger partial charge in [0.15, 0.2) is 0 Å². The molecule has 0 radical (unpaired) electrons. The third kappa shape index (κ3) is 1.84. The van der Waals surface area contributed by atoms with Gasteiger partial charge < -0.3 is 9.47 Å². The van der Waals surface area contributed by atoms with Crippen molar-refractivity contribution in [2.75, 3.05) is 14.2 Å². The number of carbonyl (C=O) groups is 1. The van der Waals surface area contributed by atoms with Crippen molar-refractivity contribution >= 4 is 21.9 Å². The van der Waals surface area contributed by atoms with E-state index in [-0.39, 0.29) is 15.9 Å². The van der Waals surface area contributed by atoms with Gasteiger partial charge in [-0.05, 0) is 15.9 Å². The topological polar surface area (TPSA) is 48.4 Å². The third-order valence-electron chi connectivity index (χ3n) is 1.52. The van der Waals surface area contributed by atoms with Crippen LogP contribution in [0.3, 0.4) is 0 Å². The highest BCUT2D eigenvalue weighted by Gasteiger charge is 2.21. The minimum Gasteiger partial charge on any atom is -0.479 e. The van der Waals surface area contributed by atoms with Crippen molar-refractivity contribution in [2.24, 2.45) is 0 Å². The summed E-state index contributed by atoms with van der Waals surface area (Å²) in [5, 5.41) is 0. The lowest BCUT2D eigenvalue weighted by Crippen LogP contribution is -2.08. The molecule has 76 valence electrons. The molecule has 0 amide bonds. The normalized spacial score (nSPS) is 9.71. The van der Waals surface area contributed by atoms with Gasteiger partial charge in [-0.25, -0.2) is 14.2 Å². The standard InChI is InChI=1S/C8H7BrFNO3/c1-13-7-6(10)5(8(12)14-2)4(9)3-11-7/h3H,1-2H3. The highest BCUT2D eigenvalue weighted by Crippen LogP contribution is 2.25. The fourth-order valence-electron chi connectivity index (χ4n) is 0.880. The molecule has 0 saturated heterocycles. The summed E-state index contributed by atoms with van der Waals surface area (Å²) in [4.78, 5) is 14.8. The second-order valence-electron chi connectivity index (χ2n) is 2.30. The highest BCUT2D eigenvalue weighted by molar-refractivity contribution is 9.10. The number of hydrogen-bond donors (Lipinski definition) is 0. The zero-order valence-corrected chi connectivity index (χ0v) is 9.09. The lowest BCUT2D eigenvalue weighted by atomic mass is 10.2. The summed E-state index contributed by atoms with van der Waals surface area (Å²) < 4.78 is 22.7. The molecule has 0 aromatic carbocycles. The fourth-order valence-corrected chi connectivity index (χ4v) is 1.32. The predicted molar refractivity (Wildman–Crippen MR) is 49.8 cm³/mol. The maximum absolute atomic E-state index is 13.5. The molecule has 0 atom stereocenters. The number of esters is 1. The Morgan fingerprint density at radius 3 is 2.71 bits per heavy atom. The summed E-state index contributed by atoms with van der Waals surface area (Å²) in [5.41, 5.74) is -0.223. The molecule has 0 unspecified atom stereocenters. The Labute approximate surface area is 88.2 Å². The largest absolute Gasteiger partial charge is 0.479 e. The van der Waals surface area contributed by atoms with Crippen molar-refractivity contribution in [3.8, 4) is 5.88 Å². The molecule has 0 fully saturated rings. The van der Waals surface area contributed by atoms with Crippen LogP contribution in [-0.4, -0.2) is 25.2 Å². The van der Waals surface area contributed by atoms with Crippen LogP contribution in [0.1, 0.15) is 10.4 Å². The van der Waals surface area contributed by atoms with Crippen LogP contribution >= 0.6 is 15.9 Å². The molecule has 0 N–H and O–H groups in total. The number of hydrogen-bond acceptors (Lipinski definition) is 4. The van der Waals surface area contributed by atoms with Crippen LogP contribution in [-0.2, 0) is 4.74 Å². The molecule has 0 bridgehead atoms. The van der Waals surface area contributed by atoms with Crippen LogP contribution in [0.25, 0.3) is 0 Å². The second-order valence-corrected chi connectivity index (χ2v) is 3.15. The minimum atomic E-state index is -0.839. The van der Waals surface area contributed by atoms with Crippen LogP contribution in [0.15, 0.2) is 10.7 Å². The van der Waals surface area contributed by atoms with Crippen molar-refractivity contribution in [1.82, 2.24) is 4.98 Å². The molecule has 1 aromatic heterocycles. The lowest BCUT2D eigenvalue weighted by molar-refractivity contribution is 0.0593. The maximum Gasteiger partial charge on any atom is 0.342 e. The van der Waals surface area contributed by atoms with Gasteiger partial charge in [0.1, 0.15) is 5.56 Å². The van der Waals surface area contributed by atoms with E-state index in [1.165, 1.54) is 20.4 Å². The molecule has 0 aliphatic rings. The summed E-state index contributed by atoms with van der Waals surface area (Å²) in [6.07, 6.45) is 1.27. The SMILES string of the molecule is COC(=O)c1c(Br)cnc(OC)c1F. The van der Waals surface area contributed by atoms with E-state index < -0.39 is 11.8 Å². The van der Waals surface area contributed by atoms with E-state index in [0.29, 0.717) is 0 Å². The van der Waals surface area contributed by atoms with E-state index in [0.717, 1.165) is 0 Å². The Kier molecular flexibility index (Phi) is 3.40. The van der Waals surface area contributed by atoms with Gasteiger partial charge in [0.05, 0.1) is 18.7 Å². The second kappa shape index (κ2) is 4.36. The Morgan fingerprint density at radius 1 is 1.57 bits per heavy atom. The average molecular weight is 264 g/mol. The average Bonchev–Trinajstić information content (AvgIpc) is 2.18. The van der Waals surface area contributed by atoms with Gasteiger partial charge >= 0.3 is 5.97 Å². The molecule has 0 saturated carbocycles. The van der Waals surface area contributed by atoms with Gasteiger partial charge in [-0.2, -0.15) is 0 Å². The molecule has 0 aliphatic heterocycles. The fraction of sp³-hybridized carbons (Fsp3) is 0.250. The minimum absolute atomic E-state index is 0.223. The van der Waals surface area contributed by atoms with Crippen molar-refractivity contribution < 1.29 is 18.7 Å². The Morgan fingerprint density at radius 2 is 2.21 bits per heavy atom. The molecule has 1 aromatic rings. The molecular formula is C8H7BrFNO3. The van der Waals surface area contributed by atoms with E-state index in [1.54, 1.807) is 0 Å². The van der Waals surface area contributed by atoms with Crippen molar-refractivity contribution in [3.63, 3.8) is 0 Å². The number of aromatic nitrogens is 1.